The highest BCUT2D eigenvalue weighted by Gasteiger charge is 2.63. The van der Waals surface area contributed by atoms with Crippen molar-refractivity contribution in [1.29, 1.82) is 0 Å². The molecular weight excluding hydrogens is 436 g/mol. The van der Waals surface area contributed by atoms with Crippen molar-refractivity contribution in [1.82, 2.24) is 10.2 Å². The quantitative estimate of drug-likeness (QED) is 0.465. The second-order valence-corrected chi connectivity index (χ2v) is 9.71. The Bertz CT molecular complexity index is 1000. The standard InChI is InChI=1S/C26H32N2O6/c1-5-10-27-22(29)12-18-14-26(25(31)32-4)21(28(24(18)30)15-19-7-6-11-33-19)13-20(16(2)3)34-23(26)17-8-9-17/h1,6-7,11,13,16-18,20,23H,8-10,12,14-15H2,2-4H3,(H,27,29)/t18-,20+,23+,26+/m0/s1. The van der Waals surface area contributed by atoms with E-state index < -0.39 is 23.4 Å². The van der Waals surface area contributed by atoms with Crippen LogP contribution in [0.5, 0.6) is 0 Å². The molecule has 3 heterocycles. The molecule has 0 spiro atoms. The number of hydrogen-bond donors (Lipinski definition) is 1. The lowest BCUT2D eigenvalue weighted by Crippen LogP contribution is -2.61. The molecule has 1 saturated heterocycles. The highest BCUT2D eigenvalue weighted by molar-refractivity contribution is 5.92. The second-order valence-electron chi connectivity index (χ2n) is 9.71. The fourth-order valence-corrected chi connectivity index (χ4v) is 5.22. The van der Waals surface area contributed by atoms with E-state index in [-0.39, 0.29) is 55.7 Å². The van der Waals surface area contributed by atoms with Crippen LogP contribution in [0.25, 0.3) is 0 Å². The molecule has 8 nitrogen and oxygen atoms in total. The summed E-state index contributed by atoms with van der Waals surface area (Å²) in [6.45, 7) is 4.34. The SMILES string of the molecule is C#CCNC(=O)C[C@H]1C[C@@]2(C(=O)OC)C(=C[C@H](C(C)C)O[C@@H]2C2CC2)N(Cc2ccco2)C1=O. The van der Waals surface area contributed by atoms with Gasteiger partial charge >= 0.3 is 5.97 Å². The van der Waals surface area contributed by atoms with E-state index in [0.717, 1.165) is 12.8 Å². The molecule has 1 aromatic rings. The smallest absolute Gasteiger partial charge is 0.320 e. The monoisotopic (exact) mass is 468 g/mol. The summed E-state index contributed by atoms with van der Waals surface area (Å²) in [6, 6.07) is 3.54. The van der Waals surface area contributed by atoms with Crippen molar-refractivity contribution in [2.24, 2.45) is 23.2 Å². The number of nitrogens with one attached hydrogen (secondary N) is 1. The van der Waals surface area contributed by atoms with Crippen molar-refractivity contribution in [3.05, 3.63) is 35.9 Å². The Balaban J connectivity index is 1.81. The zero-order valence-corrected chi connectivity index (χ0v) is 19.9. The molecule has 2 amide bonds. The molecule has 1 aliphatic carbocycles. The van der Waals surface area contributed by atoms with Gasteiger partial charge in [0.05, 0.1) is 38.7 Å². The van der Waals surface area contributed by atoms with Gasteiger partial charge in [-0.2, -0.15) is 0 Å². The van der Waals surface area contributed by atoms with Gasteiger partial charge in [0.2, 0.25) is 11.8 Å². The lowest BCUT2D eigenvalue weighted by atomic mass is 9.64. The molecule has 2 fully saturated rings. The van der Waals surface area contributed by atoms with E-state index >= 15 is 0 Å². The Morgan fingerprint density at radius 2 is 2.15 bits per heavy atom. The summed E-state index contributed by atoms with van der Waals surface area (Å²) < 4.78 is 17.4. The predicted octanol–water partition coefficient (Wildman–Crippen LogP) is 2.64. The molecule has 0 radical (unpaired) electrons. The number of nitrogens with zero attached hydrogens (tertiary/aromatic N) is 1. The topological polar surface area (TPSA) is 98.1 Å². The van der Waals surface area contributed by atoms with E-state index in [2.05, 4.69) is 25.1 Å². The lowest BCUT2D eigenvalue weighted by molar-refractivity contribution is -0.182. The molecule has 34 heavy (non-hydrogen) atoms. The third kappa shape index (κ3) is 4.37. The fraction of sp³-hybridized carbons (Fsp3) is 0.577. The molecule has 3 aliphatic rings. The molecule has 1 saturated carbocycles. The summed E-state index contributed by atoms with van der Waals surface area (Å²) in [5.74, 6) is 1.57. The Morgan fingerprint density at radius 3 is 2.74 bits per heavy atom. The van der Waals surface area contributed by atoms with Crippen LogP contribution in [0.15, 0.2) is 34.6 Å². The number of amides is 2. The third-order valence-corrected chi connectivity index (χ3v) is 7.01. The van der Waals surface area contributed by atoms with E-state index in [1.54, 1.807) is 23.3 Å². The van der Waals surface area contributed by atoms with Gasteiger partial charge in [0.25, 0.3) is 0 Å². The Morgan fingerprint density at radius 1 is 1.38 bits per heavy atom. The maximum Gasteiger partial charge on any atom is 0.320 e. The van der Waals surface area contributed by atoms with Crippen LogP contribution >= 0.6 is 0 Å². The van der Waals surface area contributed by atoms with Gasteiger partial charge in [-0.05, 0) is 49.3 Å². The highest BCUT2D eigenvalue weighted by atomic mass is 16.5. The van der Waals surface area contributed by atoms with Gasteiger partial charge in [0.1, 0.15) is 11.2 Å². The summed E-state index contributed by atoms with van der Waals surface area (Å²) in [5.41, 5.74) is -0.582. The molecule has 0 bridgehead atoms. The van der Waals surface area contributed by atoms with Gasteiger partial charge < -0.3 is 24.1 Å². The van der Waals surface area contributed by atoms with Crippen molar-refractivity contribution in [2.45, 2.75) is 58.3 Å². The van der Waals surface area contributed by atoms with Crippen LogP contribution in [0.2, 0.25) is 0 Å². The molecule has 2 aliphatic heterocycles. The number of piperidine rings is 1. The average molecular weight is 469 g/mol. The number of hydrogen-bond acceptors (Lipinski definition) is 6. The van der Waals surface area contributed by atoms with E-state index in [1.807, 2.05) is 6.08 Å². The van der Waals surface area contributed by atoms with Gasteiger partial charge in [-0.1, -0.05) is 19.8 Å². The van der Waals surface area contributed by atoms with Crippen LogP contribution in [0.1, 0.15) is 45.3 Å². The number of likely N-dealkylation sites (tertiary alicyclic amines) is 1. The number of rotatable bonds is 8. The van der Waals surface area contributed by atoms with Crippen molar-refractivity contribution in [2.75, 3.05) is 13.7 Å². The third-order valence-electron chi connectivity index (χ3n) is 7.01. The number of terminal acetylenes is 1. The average Bonchev–Trinajstić information content (AvgIpc) is 3.54. The largest absolute Gasteiger partial charge is 0.468 e. The predicted molar refractivity (Wildman–Crippen MR) is 123 cm³/mol. The van der Waals surface area contributed by atoms with Crippen LogP contribution in [0.4, 0.5) is 0 Å². The van der Waals surface area contributed by atoms with Gasteiger partial charge in [-0.15, -0.1) is 6.42 Å². The Labute approximate surface area is 200 Å². The number of carbonyl (C=O) groups excluding carboxylic acids is 3. The Kier molecular flexibility index (Phi) is 6.85. The molecule has 1 N–H and O–H groups in total. The highest BCUT2D eigenvalue weighted by Crippen LogP contribution is 2.56. The molecule has 4 rings (SSSR count). The minimum atomic E-state index is -1.18. The summed E-state index contributed by atoms with van der Waals surface area (Å²) in [4.78, 5) is 41.5. The van der Waals surface area contributed by atoms with Crippen molar-refractivity contribution in [3.8, 4) is 12.3 Å². The van der Waals surface area contributed by atoms with Gasteiger partial charge in [-0.25, -0.2) is 0 Å². The first kappa shape index (κ1) is 24.1. The summed E-state index contributed by atoms with van der Waals surface area (Å²) in [7, 11) is 1.36. The number of fused-ring (bicyclic) bond motifs is 1. The first-order valence-corrected chi connectivity index (χ1v) is 11.8. The summed E-state index contributed by atoms with van der Waals surface area (Å²) in [5, 5.41) is 2.63. The first-order valence-electron chi connectivity index (χ1n) is 11.8. The van der Waals surface area contributed by atoms with E-state index in [4.69, 9.17) is 20.3 Å². The maximum absolute atomic E-state index is 13.8. The lowest BCUT2D eigenvalue weighted by Gasteiger charge is -2.52. The van der Waals surface area contributed by atoms with E-state index in [9.17, 15) is 14.4 Å². The summed E-state index contributed by atoms with van der Waals surface area (Å²) in [6.07, 6.45) is 9.98. The minimum absolute atomic E-state index is 0.0764. The number of carbonyl (C=O) groups is 3. The van der Waals surface area contributed by atoms with Crippen molar-refractivity contribution < 1.29 is 28.3 Å². The van der Waals surface area contributed by atoms with E-state index in [1.165, 1.54) is 7.11 Å². The first-order chi connectivity index (χ1) is 16.3. The molecule has 0 aromatic carbocycles. The van der Waals surface area contributed by atoms with Crippen LogP contribution in [0.3, 0.4) is 0 Å². The second kappa shape index (κ2) is 9.67. The van der Waals surface area contributed by atoms with Crippen LogP contribution < -0.4 is 5.32 Å². The molecule has 8 heteroatoms. The zero-order chi connectivity index (χ0) is 24.5. The molecule has 0 unspecified atom stereocenters. The van der Waals surface area contributed by atoms with Gasteiger partial charge in [-0.3, -0.25) is 14.4 Å². The van der Waals surface area contributed by atoms with Gasteiger partial charge in [0, 0.05) is 18.0 Å². The molecular formula is C26H32N2O6. The fourth-order valence-electron chi connectivity index (χ4n) is 5.22. The summed E-state index contributed by atoms with van der Waals surface area (Å²) >= 11 is 0. The number of furan rings is 1. The number of ether oxygens (including phenoxy) is 2. The van der Waals surface area contributed by atoms with Gasteiger partial charge in [0.15, 0.2) is 0 Å². The molecule has 182 valence electrons. The molecule has 1 aromatic heterocycles. The normalized spacial score (nSPS) is 28.7. The van der Waals surface area contributed by atoms with E-state index in [0.29, 0.717) is 11.5 Å². The van der Waals surface area contributed by atoms with Crippen LogP contribution in [0, 0.1) is 35.5 Å². The number of esters is 1. The van der Waals surface area contributed by atoms with Crippen molar-refractivity contribution >= 4 is 17.8 Å². The van der Waals surface area contributed by atoms with Crippen molar-refractivity contribution in [3.63, 3.8) is 0 Å². The van der Waals surface area contributed by atoms with Crippen LogP contribution in [-0.2, 0) is 30.4 Å². The number of methoxy groups -OCH3 is 1. The minimum Gasteiger partial charge on any atom is -0.468 e. The van der Waals surface area contributed by atoms with Crippen LogP contribution in [-0.4, -0.2) is 48.5 Å². The Hall–Kier alpha value is -3.05. The molecule has 4 atom stereocenters. The zero-order valence-electron chi connectivity index (χ0n) is 19.9. The maximum atomic E-state index is 13.8.